The molecule has 0 amide bonds. The molecule has 4 saturated carbocycles. The van der Waals surface area contributed by atoms with Gasteiger partial charge in [0.05, 0.1) is 0 Å². The van der Waals surface area contributed by atoms with Crippen molar-refractivity contribution in [2.75, 3.05) is 20.5 Å². The molecule has 3 nitrogen and oxygen atoms in total. The van der Waals surface area contributed by atoms with Crippen molar-refractivity contribution in [2.45, 2.75) is 83.0 Å². The van der Waals surface area contributed by atoms with Gasteiger partial charge >= 0.3 is 12.4 Å². The van der Waals surface area contributed by atoms with Crippen LogP contribution in [-0.2, 0) is 13.9 Å². The van der Waals surface area contributed by atoms with Gasteiger partial charge in [-0.1, -0.05) is 0 Å². The fourth-order valence-corrected chi connectivity index (χ4v) is 7.15. The second kappa shape index (κ2) is 9.62. The Bertz CT molecular complexity index is 648. The van der Waals surface area contributed by atoms with E-state index in [2.05, 4.69) is 24.4 Å². The Morgan fingerprint density at radius 2 is 1.36 bits per heavy atom. The van der Waals surface area contributed by atoms with Crippen LogP contribution in [0.25, 0.3) is 0 Å². The molecule has 10 heteroatoms. The lowest BCUT2D eigenvalue weighted by Crippen LogP contribution is -2.60. The summed E-state index contributed by atoms with van der Waals surface area (Å²) in [6.45, 7) is 6.96. The molecule has 0 aromatic heterocycles. The maximum absolute atomic E-state index is 13.7. The Kier molecular flexibility index (Phi) is 7.95. The second-order valence-corrected chi connectivity index (χ2v) is 15.9. The number of fused-ring (bicyclic) bond motifs is 9. The first-order chi connectivity index (χ1) is 15.1. The second-order valence-electron chi connectivity index (χ2n) is 11.2. The van der Waals surface area contributed by atoms with Gasteiger partial charge in [-0.15, -0.1) is 0 Å². The number of alkyl halides is 6. The molecular formula is C23H38F6O3Si. The quantitative estimate of drug-likeness (QED) is 0.122. The van der Waals surface area contributed by atoms with Crippen LogP contribution in [0.2, 0.25) is 19.6 Å². The highest BCUT2D eigenvalue weighted by Crippen LogP contribution is 2.70. The van der Waals surface area contributed by atoms with E-state index >= 15 is 0 Å². The molecule has 0 spiro atoms. The van der Waals surface area contributed by atoms with Gasteiger partial charge in [-0.2, -0.15) is 26.3 Å². The highest BCUT2D eigenvalue weighted by molar-refractivity contribution is 6.69. The summed E-state index contributed by atoms with van der Waals surface area (Å²) in [7, 11) is 0.639. The first-order valence-corrected chi connectivity index (χ1v) is 15.5. The minimum atomic E-state index is -5.53. The van der Waals surface area contributed by atoms with Crippen LogP contribution in [0.5, 0.6) is 0 Å². The average molecular weight is 505 g/mol. The van der Waals surface area contributed by atoms with Gasteiger partial charge in [-0.3, -0.25) is 0 Å². The molecule has 0 N–H and O–H groups in total. The van der Waals surface area contributed by atoms with Crippen LogP contribution < -0.4 is 0 Å². The fourth-order valence-electron chi connectivity index (χ4n) is 7.15. The lowest BCUT2D eigenvalue weighted by atomic mass is 9.65. The normalized spacial score (nSPS) is 35.5. The number of rotatable bonds is 7. The van der Waals surface area contributed by atoms with Gasteiger partial charge in [-0.25, -0.2) is 0 Å². The fraction of sp³-hybridized carbons (Fsp3) is 1.00. The SMILES string of the molecule is CCOCOC(CC1CC2CC1C1C3CCC(C3)C21)(C(F)(F)F)C(F)(F)F.CO[Si](C)(C)C. The van der Waals surface area contributed by atoms with Crippen molar-refractivity contribution < 1.29 is 40.2 Å². The topological polar surface area (TPSA) is 27.7 Å². The summed E-state index contributed by atoms with van der Waals surface area (Å²) in [4.78, 5) is 0. The molecule has 0 aromatic carbocycles. The first kappa shape index (κ1) is 27.3. The summed E-state index contributed by atoms with van der Waals surface area (Å²) in [6.07, 6.45) is -7.42. The molecule has 0 heterocycles. The largest absolute Gasteiger partial charge is 0.426 e. The van der Waals surface area contributed by atoms with Crippen LogP contribution in [0, 0.1) is 41.4 Å². The molecule has 33 heavy (non-hydrogen) atoms. The van der Waals surface area contributed by atoms with E-state index in [1.165, 1.54) is 13.3 Å². The molecule has 194 valence electrons. The molecule has 4 aliphatic carbocycles. The third-order valence-electron chi connectivity index (χ3n) is 8.54. The number of hydrogen-bond donors (Lipinski definition) is 0. The molecular weight excluding hydrogens is 466 g/mol. The van der Waals surface area contributed by atoms with E-state index in [1.54, 1.807) is 7.11 Å². The number of halogens is 6. The Morgan fingerprint density at radius 1 is 0.818 bits per heavy atom. The van der Waals surface area contributed by atoms with E-state index in [0.717, 1.165) is 19.3 Å². The highest BCUT2D eigenvalue weighted by Gasteiger charge is 2.74. The number of hydrogen-bond acceptors (Lipinski definition) is 3. The van der Waals surface area contributed by atoms with Crippen LogP contribution in [0.4, 0.5) is 26.3 Å². The first-order valence-electron chi connectivity index (χ1n) is 12.1. The molecule has 0 radical (unpaired) electrons. The van der Waals surface area contributed by atoms with E-state index < -0.39 is 45.4 Å². The zero-order chi connectivity index (χ0) is 24.8. The summed E-state index contributed by atoms with van der Waals surface area (Å²) in [5, 5.41) is 0. The van der Waals surface area contributed by atoms with Crippen molar-refractivity contribution >= 4 is 8.32 Å². The van der Waals surface area contributed by atoms with Crippen molar-refractivity contribution in [3.8, 4) is 0 Å². The third kappa shape index (κ3) is 5.28. The molecule has 7 unspecified atom stereocenters. The molecule has 4 bridgehead atoms. The molecule has 0 aliphatic heterocycles. The molecule has 4 fully saturated rings. The van der Waals surface area contributed by atoms with Crippen LogP contribution in [0.15, 0.2) is 0 Å². The summed E-state index contributed by atoms with van der Waals surface area (Å²) in [5.74, 6) is 1.73. The van der Waals surface area contributed by atoms with Crippen LogP contribution in [-0.4, -0.2) is 46.8 Å². The number of ether oxygens (including phenoxy) is 2. The van der Waals surface area contributed by atoms with E-state index in [0.29, 0.717) is 36.0 Å². The lowest BCUT2D eigenvalue weighted by molar-refractivity contribution is -0.398. The molecule has 0 saturated heterocycles. The standard InChI is InChI=1S/C19H26F6O2.C4H12OSi/c1-2-26-9-27-17(18(20,21)22,19(23,24)25)8-13-6-12-7-14(13)16-11-4-3-10(5-11)15(12)16;1-5-6(2,3)4/h10-16H,2-9H2,1H3;1-4H3. The van der Waals surface area contributed by atoms with Gasteiger partial charge in [0.25, 0.3) is 5.60 Å². The van der Waals surface area contributed by atoms with Crippen molar-refractivity contribution in [1.29, 1.82) is 0 Å². The summed E-state index contributed by atoms with van der Waals surface area (Å²) in [5.41, 5.74) is -4.14. The zero-order valence-corrected chi connectivity index (χ0v) is 21.2. The van der Waals surface area contributed by atoms with Crippen LogP contribution in [0.3, 0.4) is 0 Å². The predicted molar refractivity (Wildman–Crippen MR) is 115 cm³/mol. The van der Waals surface area contributed by atoms with Gasteiger partial charge < -0.3 is 13.9 Å². The minimum absolute atomic E-state index is 0.00720. The zero-order valence-electron chi connectivity index (χ0n) is 20.2. The minimum Gasteiger partial charge on any atom is -0.421 e. The maximum atomic E-state index is 13.7. The van der Waals surface area contributed by atoms with Crippen LogP contribution >= 0.6 is 0 Å². The van der Waals surface area contributed by atoms with Gasteiger partial charge in [0.2, 0.25) is 0 Å². The van der Waals surface area contributed by atoms with Crippen LogP contribution in [0.1, 0.15) is 45.4 Å². The Balaban J connectivity index is 0.000000454. The summed E-state index contributed by atoms with van der Waals surface area (Å²) >= 11 is 0. The van der Waals surface area contributed by atoms with Crippen molar-refractivity contribution in [3.05, 3.63) is 0 Å². The molecule has 7 atom stereocenters. The molecule has 4 rings (SSSR count). The summed E-state index contributed by atoms with van der Waals surface area (Å²) < 4.78 is 96.5. The lowest BCUT2D eigenvalue weighted by Gasteiger charge is -2.43. The van der Waals surface area contributed by atoms with Gasteiger partial charge in [0.1, 0.15) is 6.79 Å². The molecule has 4 aliphatic rings. The van der Waals surface area contributed by atoms with E-state index in [9.17, 15) is 26.3 Å². The van der Waals surface area contributed by atoms with Crippen molar-refractivity contribution in [3.63, 3.8) is 0 Å². The van der Waals surface area contributed by atoms with Gasteiger partial charge in [-0.05, 0) is 107 Å². The summed E-state index contributed by atoms with van der Waals surface area (Å²) in [6, 6.07) is 0. The Labute approximate surface area is 194 Å². The predicted octanol–water partition coefficient (Wildman–Crippen LogP) is 7.04. The third-order valence-corrected chi connectivity index (χ3v) is 9.77. The van der Waals surface area contributed by atoms with Gasteiger partial charge in [0, 0.05) is 13.7 Å². The smallest absolute Gasteiger partial charge is 0.421 e. The highest BCUT2D eigenvalue weighted by atomic mass is 28.4. The van der Waals surface area contributed by atoms with Crippen molar-refractivity contribution in [1.82, 2.24) is 0 Å². The van der Waals surface area contributed by atoms with E-state index in [4.69, 9.17) is 9.16 Å². The van der Waals surface area contributed by atoms with Gasteiger partial charge in [0.15, 0.2) is 8.32 Å². The van der Waals surface area contributed by atoms with E-state index in [1.807, 2.05) is 0 Å². The average Bonchev–Trinajstić information content (AvgIpc) is 3.44. The maximum Gasteiger partial charge on any atom is 0.426 e. The van der Waals surface area contributed by atoms with E-state index in [-0.39, 0.29) is 12.5 Å². The Hall–Kier alpha value is -0.323. The Morgan fingerprint density at radius 3 is 1.85 bits per heavy atom. The molecule has 0 aromatic rings. The van der Waals surface area contributed by atoms with Crippen molar-refractivity contribution in [2.24, 2.45) is 41.4 Å². The monoisotopic (exact) mass is 504 g/mol.